The Labute approximate surface area is 189 Å². The van der Waals surface area contributed by atoms with Gasteiger partial charge in [0.2, 0.25) is 5.91 Å². The molecule has 0 radical (unpaired) electrons. The van der Waals surface area contributed by atoms with E-state index >= 15 is 0 Å². The molecule has 32 heavy (non-hydrogen) atoms. The van der Waals surface area contributed by atoms with Crippen LogP contribution in [0.25, 0.3) is 0 Å². The van der Waals surface area contributed by atoms with Crippen LogP contribution in [-0.4, -0.2) is 82.4 Å². The number of nitrogens with zero attached hydrogens (tertiary/aromatic N) is 6. The molecule has 172 valence electrons. The predicted molar refractivity (Wildman–Crippen MR) is 120 cm³/mol. The Bertz CT molecular complexity index is 1110. The van der Waals surface area contributed by atoms with Gasteiger partial charge in [-0.2, -0.15) is 0 Å². The molecule has 0 bridgehead atoms. The number of benzene rings is 1. The quantitative estimate of drug-likeness (QED) is 0.338. The average molecular weight is 481 g/mol. The lowest BCUT2D eigenvalue weighted by molar-refractivity contribution is -0.384. The largest absolute Gasteiger partial charge is 0.368 e. The SMILES string of the molecule is Cn1c(SCC(=O)N2CCN(c3ccc([N+](=O)[O-])cc3)CC2)nnc1C1CCS(=O)(=O)C1. The molecule has 1 atom stereocenters. The Morgan fingerprint density at radius 1 is 1.19 bits per heavy atom. The van der Waals surface area contributed by atoms with Crippen LogP contribution in [0.1, 0.15) is 18.2 Å². The Balaban J connectivity index is 1.28. The van der Waals surface area contributed by atoms with Crippen molar-refractivity contribution in [2.24, 2.45) is 7.05 Å². The van der Waals surface area contributed by atoms with E-state index in [4.69, 9.17) is 0 Å². The highest BCUT2D eigenvalue weighted by Gasteiger charge is 2.32. The molecule has 13 heteroatoms. The first-order valence-electron chi connectivity index (χ1n) is 10.2. The van der Waals surface area contributed by atoms with E-state index in [1.165, 1.54) is 23.9 Å². The van der Waals surface area contributed by atoms with Gasteiger partial charge in [-0.3, -0.25) is 14.9 Å². The maximum atomic E-state index is 12.7. The van der Waals surface area contributed by atoms with E-state index < -0.39 is 14.8 Å². The lowest BCUT2D eigenvalue weighted by Gasteiger charge is -2.36. The number of hydrogen-bond donors (Lipinski definition) is 0. The van der Waals surface area contributed by atoms with Gasteiger partial charge in [0.25, 0.3) is 5.69 Å². The summed E-state index contributed by atoms with van der Waals surface area (Å²) in [5.41, 5.74) is 0.957. The van der Waals surface area contributed by atoms with Crippen LogP contribution in [0.15, 0.2) is 29.4 Å². The molecular formula is C19H24N6O5S2. The van der Waals surface area contributed by atoms with Gasteiger partial charge in [-0.15, -0.1) is 10.2 Å². The molecule has 0 aliphatic carbocycles. The summed E-state index contributed by atoms with van der Waals surface area (Å²) in [4.78, 5) is 26.9. The number of rotatable bonds is 6. The van der Waals surface area contributed by atoms with Crippen molar-refractivity contribution in [1.82, 2.24) is 19.7 Å². The fraction of sp³-hybridized carbons (Fsp3) is 0.526. The van der Waals surface area contributed by atoms with Crippen molar-refractivity contribution in [2.75, 3.05) is 48.3 Å². The molecule has 2 fully saturated rings. The van der Waals surface area contributed by atoms with Crippen LogP contribution >= 0.6 is 11.8 Å². The van der Waals surface area contributed by atoms with E-state index in [9.17, 15) is 23.3 Å². The topological polar surface area (TPSA) is 132 Å². The van der Waals surface area contributed by atoms with E-state index in [2.05, 4.69) is 15.1 Å². The Morgan fingerprint density at radius 3 is 2.47 bits per heavy atom. The van der Waals surface area contributed by atoms with Gasteiger partial charge < -0.3 is 14.4 Å². The minimum absolute atomic E-state index is 0.00587. The molecule has 1 unspecified atom stereocenters. The number of carbonyl (C=O) groups is 1. The molecule has 1 aromatic heterocycles. The van der Waals surface area contributed by atoms with Gasteiger partial charge in [-0.25, -0.2) is 8.42 Å². The number of piperazine rings is 1. The van der Waals surface area contributed by atoms with Crippen LogP contribution in [0, 0.1) is 10.1 Å². The molecule has 4 rings (SSSR count). The zero-order chi connectivity index (χ0) is 22.9. The van der Waals surface area contributed by atoms with Crippen LogP contribution in [0.2, 0.25) is 0 Å². The number of nitro groups is 1. The van der Waals surface area contributed by atoms with Gasteiger partial charge in [-0.05, 0) is 18.6 Å². The van der Waals surface area contributed by atoms with Gasteiger partial charge in [0.05, 0.1) is 22.2 Å². The van der Waals surface area contributed by atoms with Crippen molar-refractivity contribution in [1.29, 1.82) is 0 Å². The summed E-state index contributed by atoms with van der Waals surface area (Å²) >= 11 is 1.30. The second-order valence-electron chi connectivity index (χ2n) is 7.93. The molecule has 2 aliphatic heterocycles. The van der Waals surface area contributed by atoms with Crippen molar-refractivity contribution in [3.05, 3.63) is 40.2 Å². The molecule has 1 aromatic carbocycles. The highest BCUT2D eigenvalue weighted by atomic mass is 32.2. The second-order valence-corrected chi connectivity index (χ2v) is 11.1. The molecular weight excluding hydrogens is 456 g/mol. The zero-order valence-electron chi connectivity index (χ0n) is 17.6. The predicted octanol–water partition coefficient (Wildman–Crippen LogP) is 1.07. The van der Waals surface area contributed by atoms with Crippen LogP contribution in [0.4, 0.5) is 11.4 Å². The highest BCUT2D eigenvalue weighted by Crippen LogP contribution is 2.29. The van der Waals surface area contributed by atoms with Gasteiger partial charge in [0.1, 0.15) is 5.82 Å². The van der Waals surface area contributed by atoms with E-state index in [1.807, 2.05) is 0 Å². The first kappa shape index (κ1) is 22.5. The molecule has 3 heterocycles. The molecule has 2 aromatic rings. The summed E-state index contributed by atoms with van der Waals surface area (Å²) in [7, 11) is -1.20. The molecule has 1 amide bonds. The Kier molecular flexibility index (Phi) is 6.38. The number of aromatic nitrogens is 3. The monoisotopic (exact) mass is 480 g/mol. The molecule has 0 saturated carbocycles. The Morgan fingerprint density at radius 2 is 1.88 bits per heavy atom. The third-order valence-corrected chi connectivity index (χ3v) is 8.62. The van der Waals surface area contributed by atoms with Gasteiger partial charge >= 0.3 is 0 Å². The van der Waals surface area contributed by atoms with Gasteiger partial charge in [0, 0.05) is 57.0 Å². The summed E-state index contributed by atoms with van der Waals surface area (Å²) in [6.07, 6.45) is 0.553. The van der Waals surface area contributed by atoms with E-state index in [1.54, 1.807) is 28.6 Å². The van der Waals surface area contributed by atoms with Crippen molar-refractivity contribution >= 4 is 38.9 Å². The standard InChI is InChI=1S/C19H24N6O5S2/c1-22-18(14-6-11-32(29,30)13-14)20-21-19(22)31-12-17(26)24-9-7-23(8-10-24)15-2-4-16(5-3-15)25(27)28/h2-5,14H,6-13H2,1H3. The molecule has 2 saturated heterocycles. The summed E-state index contributed by atoms with van der Waals surface area (Å²) in [5, 5.41) is 19.7. The summed E-state index contributed by atoms with van der Waals surface area (Å²) < 4.78 is 25.3. The number of amides is 1. The fourth-order valence-corrected chi connectivity index (χ4v) is 6.58. The van der Waals surface area contributed by atoms with E-state index in [-0.39, 0.29) is 34.8 Å². The second kappa shape index (κ2) is 9.06. The summed E-state index contributed by atoms with van der Waals surface area (Å²) in [6.45, 7) is 2.44. The van der Waals surface area contributed by atoms with Crippen molar-refractivity contribution in [2.45, 2.75) is 17.5 Å². The number of hydrogen-bond acceptors (Lipinski definition) is 9. The number of non-ortho nitro benzene ring substituents is 1. The van der Waals surface area contributed by atoms with Gasteiger partial charge in [-0.1, -0.05) is 11.8 Å². The number of thioether (sulfide) groups is 1. The first-order valence-corrected chi connectivity index (χ1v) is 13.0. The van der Waals surface area contributed by atoms with Crippen molar-refractivity contribution in [3.63, 3.8) is 0 Å². The number of sulfone groups is 1. The van der Waals surface area contributed by atoms with E-state index in [0.29, 0.717) is 43.6 Å². The number of anilines is 1. The Hall–Kier alpha value is -2.67. The fourth-order valence-electron chi connectivity index (χ4n) is 4.02. The molecule has 2 aliphatic rings. The van der Waals surface area contributed by atoms with Gasteiger partial charge in [0.15, 0.2) is 15.0 Å². The lowest BCUT2D eigenvalue weighted by Crippen LogP contribution is -2.49. The number of nitro benzene ring substituents is 1. The smallest absolute Gasteiger partial charge is 0.269 e. The molecule has 11 nitrogen and oxygen atoms in total. The number of carbonyl (C=O) groups excluding carboxylic acids is 1. The van der Waals surface area contributed by atoms with Crippen LogP contribution in [0.5, 0.6) is 0 Å². The van der Waals surface area contributed by atoms with Crippen LogP contribution < -0.4 is 4.90 Å². The van der Waals surface area contributed by atoms with Crippen LogP contribution in [-0.2, 0) is 21.7 Å². The lowest BCUT2D eigenvalue weighted by atomic mass is 10.1. The maximum absolute atomic E-state index is 12.7. The zero-order valence-corrected chi connectivity index (χ0v) is 19.2. The average Bonchev–Trinajstić information content (AvgIpc) is 3.33. The maximum Gasteiger partial charge on any atom is 0.269 e. The highest BCUT2D eigenvalue weighted by molar-refractivity contribution is 7.99. The molecule has 0 N–H and O–H groups in total. The van der Waals surface area contributed by atoms with Crippen LogP contribution in [0.3, 0.4) is 0 Å². The van der Waals surface area contributed by atoms with Crippen molar-refractivity contribution in [3.8, 4) is 0 Å². The van der Waals surface area contributed by atoms with E-state index in [0.717, 1.165) is 5.69 Å². The summed E-state index contributed by atoms with van der Waals surface area (Å²) in [6, 6.07) is 6.43. The van der Waals surface area contributed by atoms with Crippen molar-refractivity contribution < 1.29 is 18.1 Å². The first-order chi connectivity index (χ1) is 15.2. The molecule has 0 spiro atoms. The third-order valence-electron chi connectivity index (χ3n) is 5.85. The summed E-state index contributed by atoms with van der Waals surface area (Å²) in [5.74, 6) is 1.02. The minimum Gasteiger partial charge on any atom is -0.368 e. The third kappa shape index (κ3) is 4.88. The normalized spacial score (nSPS) is 20.5. The minimum atomic E-state index is -3.00.